The number of aromatic nitrogens is 2. The Labute approximate surface area is 222 Å². The van der Waals surface area contributed by atoms with Crippen molar-refractivity contribution in [1.29, 1.82) is 0 Å². The lowest BCUT2D eigenvalue weighted by atomic mass is 9.74. The smallest absolute Gasteiger partial charge is 0.372 e. The molecule has 9 nitrogen and oxygen atoms in total. The van der Waals surface area contributed by atoms with E-state index in [1.165, 1.54) is 11.1 Å². The van der Waals surface area contributed by atoms with Crippen LogP contribution in [0.2, 0.25) is 36.3 Å². The van der Waals surface area contributed by atoms with Crippen LogP contribution in [0.3, 0.4) is 0 Å². The molecule has 1 aromatic heterocycles. The maximum atomic E-state index is 12.9. The lowest BCUT2D eigenvalue weighted by molar-refractivity contribution is -0.235. The van der Waals surface area contributed by atoms with Crippen molar-refractivity contribution in [2.45, 2.75) is 110 Å². The highest BCUT2D eigenvalue weighted by molar-refractivity contribution is 7.80. The van der Waals surface area contributed by atoms with Crippen LogP contribution in [0, 0.1) is 5.41 Å². The third-order valence-electron chi connectivity index (χ3n) is 7.89. The molecular weight excluding hydrogens is 517 g/mol. The molecule has 1 fully saturated rings. The molecule has 1 N–H and O–H groups in total. The topological polar surface area (TPSA) is 109 Å². The van der Waals surface area contributed by atoms with Gasteiger partial charge in [-0.05, 0) is 61.3 Å². The minimum atomic E-state index is -2.33. The summed E-state index contributed by atoms with van der Waals surface area (Å²) in [4.78, 5) is 39.6. The van der Waals surface area contributed by atoms with Crippen molar-refractivity contribution in [3.05, 3.63) is 12.0 Å². The first kappa shape index (κ1) is 30.3. The highest BCUT2D eigenvalue weighted by atomic mass is 32.1. The van der Waals surface area contributed by atoms with Crippen LogP contribution < -0.4 is 8.95 Å². The van der Waals surface area contributed by atoms with Crippen LogP contribution in [0.1, 0.15) is 79.3 Å². The predicted octanol–water partition coefficient (Wildman–Crippen LogP) is 5.89. The maximum Gasteiger partial charge on any atom is 0.372 e. The zero-order chi connectivity index (χ0) is 27.7. The molecule has 1 aromatic rings. The minimum absolute atomic E-state index is 0.112. The number of nitrogens with zero attached hydrogens (tertiary/aromatic N) is 2. The summed E-state index contributed by atoms with van der Waals surface area (Å²) in [6, 6.07) is 0. The first-order valence-electron chi connectivity index (χ1n) is 12.4. The Kier molecular flexibility index (Phi) is 8.79. The van der Waals surface area contributed by atoms with Crippen molar-refractivity contribution in [3.63, 3.8) is 0 Å². The summed E-state index contributed by atoms with van der Waals surface area (Å²) < 4.78 is 14.3. The molecule has 0 aromatic carbocycles. The lowest BCUT2D eigenvalue weighted by Crippen LogP contribution is -2.48. The van der Waals surface area contributed by atoms with Gasteiger partial charge in [0.1, 0.15) is 6.33 Å². The Morgan fingerprint density at radius 3 is 1.97 bits per heavy atom. The van der Waals surface area contributed by atoms with E-state index in [0.29, 0.717) is 12.8 Å². The van der Waals surface area contributed by atoms with Gasteiger partial charge in [-0.1, -0.05) is 60.8 Å². The van der Waals surface area contributed by atoms with Gasteiger partial charge in [-0.25, -0.2) is 9.68 Å². The van der Waals surface area contributed by atoms with Crippen LogP contribution in [0.5, 0.6) is 5.88 Å². The Balaban J connectivity index is 2.39. The van der Waals surface area contributed by atoms with Crippen LogP contribution in [0.25, 0.3) is 0 Å². The van der Waals surface area contributed by atoms with Crippen molar-refractivity contribution in [2.24, 2.45) is 5.41 Å². The molecule has 0 unspecified atom stereocenters. The molecule has 204 valence electrons. The molecule has 12 heteroatoms. The summed E-state index contributed by atoms with van der Waals surface area (Å²) >= 11 is 5.50. The molecule has 1 saturated carbocycles. The molecule has 1 aliphatic carbocycles. The van der Waals surface area contributed by atoms with E-state index in [2.05, 4.69) is 72.7 Å². The second-order valence-electron chi connectivity index (χ2n) is 12.6. The van der Waals surface area contributed by atoms with E-state index in [-0.39, 0.29) is 39.5 Å². The van der Waals surface area contributed by atoms with Crippen LogP contribution >= 0.6 is 12.2 Å². The third kappa shape index (κ3) is 6.31. The van der Waals surface area contributed by atoms with Crippen molar-refractivity contribution in [1.82, 2.24) is 9.71 Å². The largest absolute Gasteiger partial charge is 0.529 e. The van der Waals surface area contributed by atoms with Gasteiger partial charge in [0.15, 0.2) is 11.1 Å². The van der Waals surface area contributed by atoms with Gasteiger partial charge in [0.25, 0.3) is 21.7 Å². The van der Waals surface area contributed by atoms with E-state index < -0.39 is 34.0 Å². The number of aliphatic carboxylic acids is 1. The quantitative estimate of drug-likeness (QED) is 0.144. The first-order chi connectivity index (χ1) is 16.3. The standard InChI is InChI=1S/C24H42N2O7SSi2/c1-22(2,3)35(7,8)32-18-17(26(16-25-18)33-36(9,10)23(4,5)6)19(34)30-31-21(29)24(20(27)28)14-12-11-13-15-24/h16H,11-15H2,1-10H3,(H,27,28). The molecule has 1 heterocycles. The van der Waals surface area contributed by atoms with Crippen molar-refractivity contribution in [3.8, 4) is 5.88 Å². The molecule has 0 saturated heterocycles. The number of carbonyl (C=O) groups is 2. The zero-order valence-electron chi connectivity index (χ0n) is 23.3. The Morgan fingerprint density at radius 1 is 0.972 bits per heavy atom. The maximum absolute atomic E-state index is 12.9. The second kappa shape index (κ2) is 10.4. The van der Waals surface area contributed by atoms with Gasteiger partial charge in [0, 0.05) is 0 Å². The van der Waals surface area contributed by atoms with Gasteiger partial charge >= 0.3 is 11.9 Å². The Hall–Kier alpha value is -1.93. The summed E-state index contributed by atoms with van der Waals surface area (Å²) in [5.74, 6) is -1.94. The van der Waals surface area contributed by atoms with Crippen LogP contribution in [-0.4, -0.2) is 48.4 Å². The summed E-state index contributed by atoms with van der Waals surface area (Å²) in [7, 11) is -4.65. The van der Waals surface area contributed by atoms with E-state index in [4.69, 9.17) is 30.9 Å². The fourth-order valence-corrected chi connectivity index (χ4v) is 5.33. The van der Waals surface area contributed by atoms with Gasteiger partial charge in [-0.2, -0.15) is 9.71 Å². The molecule has 0 radical (unpaired) electrons. The average Bonchev–Trinajstić information content (AvgIpc) is 3.11. The SMILES string of the molecule is CC(C)(C)[Si](C)(C)Oc1ncn(O[Si](C)(C)C(C)(C)C)c1C(=S)OOC(=O)C1(C(=O)O)CCCCC1. The summed E-state index contributed by atoms with van der Waals surface area (Å²) in [5.41, 5.74) is -1.41. The molecule has 0 bridgehead atoms. The fraction of sp³-hybridized carbons (Fsp3) is 0.750. The fourth-order valence-electron chi connectivity index (χ4n) is 3.27. The summed E-state index contributed by atoms with van der Waals surface area (Å²) in [6.45, 7) is 20.9. The van der Waals surface area contributed by atoms with Gasteiger partial charge < -0.3 is 14.1 Å². The monoisotopic (exact) mass is 558 g/mol. The second-order valence-corrected chi connectivity index (χ2v) is 22.4. The van der Waals surface area contributed by atoms with E-state index in [1.807, 2.05) is 0 Å². The first-order valence-corrected chi connectivity index (χ1v) is 18.6. The van der Waals surface area contributed by atoms with E-state index >= 15 is 0 Å². The lowest BCUT2D eigenvalue weighted by Gasteiger charge is -2.37. The number of carbonyl (C=O) groups excluding carboxylic acids is 1. The zero-order valence-corrected chi connectivity index (χ0v) is 26.1. The number of hydrogen-bond acceptors (Lipinski definition) is 8. The number of thiocarbonyl (C=S) groups is 1. The van der Waals surface area contributed by atoms with Gasteiger partial charge in [0.2, 0.25) is 5.88 Å². The number of carboxylic acids is 1. The molecule has 0 spiro atoms. The summed E-state index contributed by atoms with van der Waals surface area (Å²) in [6.07, 6.45) is 4.01. The molecular formula is C24H42N2O7SSi2. The van der Waals surface area contributed by atoms with Crippen LogP contribution in [0.15, 0.2) is 6.33 Å². The molecule has 1 aliphatic rings. The van der Waals surface area contributed by atoms with Gasteiger partial charge in [-0.15, -0.1) is 0 Å². The molecule has 2 rings (SSSR count). The number of hydrogen-bond donors (Lipinski definition) is 1. The van der Waals surface area contributed by atoms with Crippen molar-refractivity contribution < 1.29 is 33.4 Å². The van der Waals surface area contributed by atoms with Crippen molar-refractivity contribution in [2.75, 3.05) is 0 Å². The average molecular weight is 559 g/mol. The highest BCUT2D eigenvalue weighted by Gasteiger charge is 2.50. The summed E-state index contributed by atoms with van der Waals surface area (Å²) in [5, 5.41) is 9.33. The molecule has 36 heavy (non-hydrogen) atoms. The molecule has 0 aliphatic heterocycles. The predicted molar refractivity (Wildman–Crippen MR) is 146 cm³/mol. The van der Waals surface area contributed by atoms with E-state index in [9.17, 15) is 14.7 Å². The van der Waals surface area contributed by atoms with Crippen molar-refractivity contribution >= 4 is 45.8 Å². The van der Waals surface area contributed by atoms with Crippen LogP contribution in [0.4, 0.5) is 0 Å². The Bertz CT molecular complexity index is 942. The van der Waals surface area contributed by atoms with E-state index in [0.717, 1.165) is 6.42 Å². The normalized spacial score (nSPS) is 16.7. The van der Waals surface area contributed by atoms with Crippen LogP contribution in [-0.2, 0) is 19.4 Å². The molecule has 0 atom stereocenters. The number of carboxylic acid groups (broad SMARTS) is 1. The van der Waals surface area contributed by atoms with E-state index in [1.54, 1.807) is 0 Å². The van der Waals surface area contributed by atoms with Gasteiger partial charge in [-0.3, -0.25) is 9.68 Å². The third-order valence-corrected chi connectivity index (χ3v) is 16.7. The minimum Gasteiger partial charge on any atom is -0.529 e. The molecule has 0 amide bonds. The highest BCUT2D eigenvalue weighted by Crippen LogP contribution is 2.40. The number of rotatable bonds is 7. The Morgan fingerprint density at radius 2 is 1.50 bits per heavy atom. The van der Waals surface area contributed by atoms with Gasteiger partial charge in [0.05, 0.1) is 0 Å². The number of imidazole rings is 1.